The predicted molar refractivity (Wildman–Crippen MR) is 165 cm³/mol. The third kappa shape index (κ3) is 30.0. The number of likely N-dealkylation sites (N-methyl/N-ethyl adjacent to an activating group) is 1. The van der Waals surface area contributed by atoms with Gasteiger partial charge in [0.15, 0.2) is 0 Å². The molecule has 7 heteroatoms. The molecule has 1 amide bonds. The number of nitrogens with zero attached hydrogens (tertiary/aromatic N) is 1. The van der Waals surface area contributed by atoms with Gasteiger partial charge in [0.25, 0.3) is 0 Å². The molecule has 0 aliphatic carbocycles. The standard InChI is InChI=1S/C12H23N3O2.C12H21N.C3H8.C2H6.CH5N/c1-4-5-7-17-8-6-11(14-3)12(9-13)15-10(2)16;1-3-7-12(8-4-2)11-13-9-5-6-10-13;1-3-2;2*1-2/h6,9,14H,4-5,7-8,13H2,1-3H3,(H,15,16);3,7-8H,4-6,9-11H2,1-2H3;3H2,1-2H3;1-2H3;2H2,1H3/b11-6+,12-9+;7-3-,12-8+;;;. The van der Waals surface area contributed by atoms with E-state index < -0.39 is 0 Å². The van der Waals surface area contributed by atoms with Gasteiger partial charge in [-0.15, -0.1) is 0 Å². The molecule has 6 N–H and O–H groups in total. The fraction of sp³-hybridized carbons (Fsp3) is 0.700. The van der Waals surface area contributed by atoms with Crippen molar-refractivity contribution < 1.29 is 9.53 Å². The number of carbonyl (C=O) groups excluding carboxylic acids is 1. The third-order valence-corrected chi connectivity index (χ3v) is 4.54. The van der Waals surface area contributed by atoms with E-state index in [9.17, 15) is 4.79 Å². The van der Waals surface area contributed by atoms with Gasteiger partial charge in [-0.25, -0.2) is 0 Å². The van der Waals surface area contributed by atoms with E-state index in [4.69, 9.17) is 10.5 Å². The summed E-state index contributed by atoms with van der Waals surface area (Å²) in [4.78, 5) is 13.5. The van der Waals surface area contributed by atoms with Crippen LogP contribution in [0.4, 0.5) is 0 Å². The summed E-state index contributed by atoms with van der Waals surface area (Å²) in [5.41, 5.74) is 12.7. The van der Waals surface area contributed by atoms with Crippen molar-refractivity contribution in [1.82, 2.24) is 15.5 Å². The Morgan fingerprint density at radius 3 is 2.00 bits per heavy atom. The van der Waals surface area contributed by atoms with Crippen molar-refractivity contribution in [2.45, 2.75) is 93.9 Å². The lowest BCUT2D eigenvalue weighted by atomic mass is 10.2. The van der Waals surface area contributed by atoms with Gasteiger partial charge >= 0.3 is 0 Å². The lowest BCUT2D eigenvalue weighted by Gasteiger charge is -2.14. The summed E-state index contributed by atoms with van der Waals surface area (Å²) in [5, 5.41) is 5.61. The lowest BCUT2D eigenvalue weighted by molar-refractivity contribution is -0.118. The highest BCUT2D eigenvalue weighted by atomic mass is 16.5. The van der Waals surface area contributed by atoms with Crippen LogP contribution in [0.1, 0.15) is 93.9 Å². The molecule has 1 rings (SSSR count). The second kappa shape index (κ2) is 36.1. The second-order valence-electron chi connectivity index (χ2n) is 7.94. The van der Waals surface area contributed by atoms with Gasteiger partial charge in [-0.05, 0) is 64.4 Å². The van der Waals surface area contributed by atoms with E-state index in [1.54, 1.807) is 7.05 Å². The smallest absolute Gasteiger partial charge is 0.221 e. The summed E-state index contributed by atoms with van der Waals surface area (Å²) in [6, 6.07) is 0. The molecule has 1 aliphatic heterocycles. The number of hydrogen-bond donors (Lipinski definition) is 4. The number of amides is 1. The molecule has 0 saturated carbocycles. The van der Waals surface area contributed by atoms with Gasteiger partial charge in [0.05, 0.1) is 18.0 Å². The Balaban J connectivity index is -0.000000241. The summed E-state index contributed by atoms with van der Waals surface area (Å²) < 4.78 is 5.41. The highest BCUT2D eigenvalue weighted by Crippen LogP contribution is 2.11. The van der Waals surface area contributed by atoms with Crippen LogP contribution < -0.4 is 22.1 Å². The number of rotatable bonds is 12. The average molecular weight is 526 g/mol. The quantitative estimate of drug-likeness (QED) is 0.188. The van der Waals surface area contributed by atoms with Gasteiger partial charge in [0.2, 0.25) is 5.91 Å². The van der Waals surface area contributed by atoms with Gasteiger partial charge in [0.1, 0.15) is 0 Å². The molecule has 0 atom stereocenters. The minimum atomic E-state index is -0.158. The molecule has 0 aromatic rings. The zero-order valence-corrected chi connectivity index (χ0v) is 26.1. The Labute approximate surface area is 230 Å². The molecule has 7 nitrogen and oxygen atoms in total. The van der Waals surface area contributed by atoms with Crippen LogP contribution in [0, 0.1) is 0 Å². The molecule has 0 unspecified atom stereocenters. The van der Waals surface area contributed by atoms with Crippen LogP contribution >= 0.6 is 0 Å². The third-order valence-electron chi connectivity index (χ3n) is 4.54. The SMILES string of the molecule is C/C=C\C(=C/CC)CN1CCCC1.CC.CCC.CCCCOC/C=C(NC)\C(=C/N)NC(C)=O.CN. The van der Waals surface area contributed by atoms with Crippen molar-refractivity contribution in [3.8, 4) is 0 Å². The highest BCUT2D eigenvalue weighted by Gasteiger charge is 2.11. The summed E-state index contributed by atoms with van der Waals surface area (Å²) >= 11 is 0. The van der Waals surface area contributed by atoms with Crippen molar-refractivity contribution in [2.24, 2.45) is 11.5 Å². The minimum absolute atomic E-state index is 0.158. The van der Waals surface area contributed by atoms with Crippen LogP contribution in [-0.2, 0) is 9.53 Å². The number of hydrogen-bond acceptors (Lipinski definition) is 6. The molecule has 0 bridgehead atoms. The van der Waals surface area contributed by atoms with Crippen LogP contribution in [0.25, 0.3) is 0 Å². The first-order valence-electron chi connectivity index (χ1n) is 14.2. The molecular weight excluding hydrogens is 462 g/mol. The van der Waals surface area contributed by atoms with Gasteiger partial charge in [-0.2, -0.15) is 0 Å². The van der Waals surface area contributed by atoms with Crippen molar-refractivity contribution in [1.29, 1.82) is 0 Å². The van der Waals surface area contributed by atoms with Gasteiger partial charge in [0, 0.05) is 33.3 Å². The number of carbonyl (C=O) groups is 1. The second-order valence-corrected chi connectivity index (χ2v) is 7.94. The first-order valence-corrected chi connectivity index (χ1v) is 14.2. The van der Waals surface area contributed by atoms with E-state index in [2.05, 4.69) is 74.1 Å². The fourth-order valence-electron chi connectivity index (χ4n) is 3.07. The normalized spacial score (nSPS) is 13.6. The van der Waals surface area contributed by atoms with E-state index >= 15 is 0 Å². The van der Waals surface area contributed by atoms with E-state index in [1.807, 2.05) is 19.9 Å². The fourth-order valence-corrected chi connectivity index (χ4v) is 3.07. The van der Waals surface area contributed by atoms with Gasteiger partial charge < -0.3 is 26.8 Å². The molecule has 220 valence electrons. The monoisotopic (exact) mass is 525 g/mol. The van der Waals surface area contributed by atoms with Crippen molar-refractivity contribution in [2.75, 3.05) is 46.9 Å². The Bertz CT molecular complexity index is 593. The number of likely N-dealkylation sites (tertiary alicyclic amines) is 1. The van der Waals surface area contributed by atoms with E-state index in [0.29, 0.717) is 12.3 Å². The Morgan fingerprint density at radius 1 is 1.03 bits per heavy atom. The molecule has 37 heavy (non-hydrogen) atoms. The molecule has 0 spiro atoms. The molecule has 1 fully saturated rings. The van der Waals surface area contributed by atoms with Crippen molar-refractivity contribution in [3.05, 3.63) is 47.5 Å². The molecule has 1 aliphatic rings. The van der Waals surface area contributed by atoms with Crippen LogP contribution in [0.5, 0.6) is 0 Å². The number of ether oxygens (including phenoxy) is 1. The Kier molecular flexibility index (Phi) is 41.0. The minimum Gasteiger partial charge on any atom is -0.403 e. The molecule has 0 radical (unpaired) electrons. The van der Waals surface area contributed by atoms with E-state index in [-0.39, 0.29) is 5.91 Å². The summed E-state index contributed by atoms with van der Waals surface area (Å²) in [7, 11) is 3.27. The highest BCUT2D eigenvalue weighted by molar-refractivity contribution is 5.75. The molecule has 0 aromatic carbocycles. The van der Waals surface area contributed by atoms with Crippen LogP contribution in [0.15, 0.2) is 47.5 Å². The topological polar surface area (TPSA) is 106 Å². The maximum atomic E-state index is 11.0. The van der Waals surface area contributed by atoms with Crippen molar-refractivity contribution >= 4 is 5.91 Å². The first-order chi connectivity index (χ1) is 17.9. The molecular formula is C30H63N5O2. The average Bonchev–Trinajstić information content (AvgIpc) is 3.42. The summed E-state index contributed by atoms with van der Waals surface area (Å²) in [6.45, 7) is 21.1. The van der Waals surface area contributed by atoms with Crippen LogP contribution in [0.3, 0.4) is 0 Å². The number of allylic oxidation sites excluding steroid dienone is 2. The van der Waals surface area contributed by atoms with E-state index in [0.717, 1.165) is 38.1 Å². The van der Waals surface area contributed by atoms with E-state index in [1.165, 1.54) is 58.1 Å². The summed E-state index contributed by atoms with van der Waals surface area (Å²) in [5.74, 6) is -0.158. The maximum absolute atomic E-state index is 11.0. The molecule has 1 saturated heterocycles. The zero-order valence-electron chi connectivity index (χ0n) is 26.1. The number of nitrogens with two attached hydrogens (primary N) is 2. The van der Waals surface area contributed by atoms with Gasteiger partial charge in [-0.1, -0.05) is 72.6 Å². The van der Waals surface area contributed by atoms with Gasteiger partial charge in [-0.3, -0.25) is 9.69 Å². The van der Waals surface area contributed by atoms with Crippen molar-refractivity contribution in [3.63, 3.8) is 0 Å². The van der Waals surface area contributed by atoms with Crippen LogP contribution in [-0.4, -0.2) is 57.8 Å². The predicted octanol–water partition coefficient (Wildman–Crippen LogP) is 5.85. The maximum Gasteiger partial charge on any atom is 0.221 e. The zero-order chi connectivity index (χ0) is 29.3. The van der Waals surface area contributed by atoms with Crippen LogP contribution in [0.2, 0.25) is 0 Å². The summed E-state index contributed by atoms with van der Waals surface area (Å²) in [6.07, 6.45) is 17.2. The molecule has 0 aromatic heterocycles. The Morgan fingerprint density at radius 2 is 1.59 bits per heavy atom. The first kappa shape index (κ1) is 42.0. The lowest BCUT2D eigenvalue weighted by Crippen LogP contribution is -2.26. The Hall–Kier alpha value is -2.09. The largest absolute Gasteiger partial charge is 0.403 e. The molecule has 1 heterocycles. The number of unbranched alkanes of at least 4 members (excludes halogenated alkanes) is 1. The number of nitrogens with one attached hydrogen (secondary N) is 2.